The van der Waals surface area contributed by atoms with Crippen LogP contribution in [0.15, 0.2) is 18.2 Å². The average molecular weight is 266 g/mol. The molecule has 0 aliphatic carbocycles. The van der Waals surface area contributed by atoms with Gasteiger partial charge in [-0.05, 0) is 45.7 Å². The monoisotopic (exact) mass is 266 g/mol. The highest BCUT2D eigenvalue weighted by Gasteiger charge is 2.16. The quantitative estimate of drug-likeness (QED) is 0.612. The third kappa shape index (κ3) is 5.59. The van der Waals surface area contributed by atoms with E-state index >= 15 is 0 Å². The number of rotatable bonds is 6. The van der Waals surface area contributed by atoms with E-state index in [4.69, 9.17) is 15.3 Å². The van der Waals surface area contributed by atoms with Crippen LogP contribution in [-0.4, -0.2) is 25.4 Å². The van der Waals surface area contributed by atoms with Crippen LogP contribution in [0.2, 0.25) is 0 Å². The fourth-order valence-corrected chi connectivity index (χ4v) is 1.85. The third-order valence-corrected chi connectivity index (χ3v) is 2.86. The molecule has 0 aromatic heterocycles. The van der Waals surface area contributed by atoms with Gasteiger partial charge in [-0.15, -0.1) is 0 Å². The number of hydrazine groups is 1. The van der Waals surface area contributed by atoms with Crippen LogP contribution in [-0.2, 0) is 11.2 Å². The van der Waals surface area contributed by atoms with Crippen LogP contribution in [0.5, 0.6) is 5.75 Å². The number of benzene rings is 1. The van der Waals surface area contributed by atoms with E-state index in [0.29, 0.717) is 6.61 Å². The lowest BCUT2D eigenvalue weighted by Gasteiger charge is -2.24. The van der Waals surface area contributed by atoms with Crippen LogP contribution in [0.25, 0.3) is 0 Å². The van der Waals surface area contributed by atoms with Crippen molar-refractivity contribution in [3.63, 3.8) is 0 Å². The highest BCUT2D eigenvalue weighted by Crippen LogP contribution is 2.21. The summed E-state index contributed by atoms with van der Waals surface area (Å²) >= 11 is 0. The first-order valence-corrected chi connectivity index (χ1v) is 6.59. The van der Waals surface area contributed by atoms with Gasteiger partial charge < -0.3 is 9.47 Å². The van der Waals surface area contributed by atoms with Crippen molar-refractivity contribution in [2.45, 2.75) is 45.8 Å². The molecule has 1 aromatic carbocycles. The molecular weight excluding hydrogens is 240 g/mol. The van der Waals surface area contributed by atoms with Crippen molar-refractivity contribution in [1.29, 1.82) is 0 Å². The summed E-state index contributed by atoms with van der Waals surface area (Å²) < 4.78 is 11.2. The third-order valence-electron chi connectivity index (χ3n) is 2.86. The lowest BCUT2D eigenvalue weighted by molar-refractivity contribution is -0.0144. The van der Waals surface area contributed by atoms with Crippen molar-refractivity contribution in [3.05, 3.63) is 29.3 Å². The van der Waals surface area contributed by atoms with E-state index < -0.39 is 0 Å². The van der Waals surface area contributed by atoms with Gasteiger partial charge in [0.25, 0.3) is 0 Å². The van der Waals surface area contributed by atoms with Crippen molar-refractivity contribution < 1.29 is 9.47 Å². The van der Waals surface area contributed by atoms with E-state index in [2.05, 4.69) is 18.4 Å². The van der Waals surface area contributed by atoms with Gasteiger partial charge >= 0.3 is 0 Å². The summed E-state index contributed by atoms with van der Waals surface area (Å²) in [6.07, 6.45) is 0.775. The molecule has 0 radical (unpaired) electrons. The van der Waals surface area contributed by atoms with E-state index in [1.807, 2.05) is 32.9 Å². The molecule has 0 aliphatic heterocycles. The van der Waals surface area contributed by atoms with Gasteiger partial charge in [-0.1, -0.05) is 17.7 Å². The molecule has 0 heterocycles. The van der Waals surface area contributed by atoms with Crippen molar-refractivity contribution >= 4 is 0 Å². The summed E-state index contributed by atoms with van der Waals surface area (Å²) in [6, 6.07) is 6.22. The molecule has 0 amide bonds. The Morgan fingerprint density at radius 3 is 2.53 bits per heavy atom. The Morgan fingerprint density at radius 1 is 1.32 bits per heavy atom. The standard InChI is InChI=1S/C15H26N2O2/c1-11-6-7-14(18-5)12(8-11)9-13(17-16)10-19-15(2,3)4/h6-8,13,17H,9-10,16H2,1-5H3. The number of methoxy groups -OCH3 is 1. The zero-order chi connectivity index (χ0) is 14.5. The van der Waals surface area contributed by atoms with Crippen LogP contribution in [0.1, 0.15) is 31.9 Å². The second-order valence-electron chi connectivity index (χ2n) is 5.81. The van der Waals surface area contributed by atoms with Crippen LogP contribution >= 0.6 is 0 Å². The number of ether oxygens (including phenoxy) is 2. The molecule has 1 rings (SSSR count). The smallest absolute Gasteiger partial charge is 0.122 e. The fourth-order valence-electron chi connectivity index (χ4n) is 1.85. The highest BCUT2D eigenvalue weighted by molar-refractivity contribution is 5.37. The lowest BCUT2D eigenvalue weighted by Crippen LogP contribution is -2.42. The summed E-state index contributed by atoms with van der Waals surface area (Å²) in [5.41, 5.74) is 5.01. The number of hydrogen-bond acceptors (Lipinski definition) is 4. The minimum atomic E-state index is -0.161. The van der Waals surface area contributed by atoms with E-state index in [-0.39, 0.29) is 11.6 Å². The summed E-state index contributed by atoms with van der Waals surface area (Å²) in [4.78, 5) is 0. The molecule has 108 valence electrons. The maximum absolute atomic E-state index is 5.78. The summed E-state index contributed by atoms with van der Waals surface area (Å²) in [6.45, 7) is 8.74. The first-order chi connectivity index (χ1) is 8.85. The molecule has 0 saturated heterocycles. The topological polar surface area (TPSA) is 56.5 Å². The number of nitrogens with one attached hydrogen (secondary N) is 1. The highest BCUT2D eigenvalue weighted by atomic mass is 16.5. The Hall–Kier alpha value is -1.10. The normalized spacial score (nSPS) is 13.4. The first-order valence-electron chi connectivity index (χ1n) is 6.59. The van der Waals surface area contributed by atoms with Gasteiger partial charge in [0.05, 0.1) is 19.3 Å². The fraction of sp³-hybridized carbons (Fsp3) is 0.600. The Balaban J connectivity index is 2.72. The zero-order valence-corrected chi connectivity index (χ0v) is 12.6. The Morgan fingerprint density at radius 2 is 2.00 bits per heavy atom. The van der Waals surface area contributed by atoms with Gasteiger partial charge in [-0.25, -0.2) is 0 Å². The molecule has 1 atom stereocenters. The molecular formula is C15H26N2O2. The van der Waals surface area contributed by atoms with Crippen LogP contribution in [0, 0.1) is 6.92 Å². The number of nitrogens with two attached hydrogens (primary N) is 1. The van der Waals surface area contributed by atoms with E-state index in [1.54, 1.807) is 7.11 Å². The van der Waals surface area contributed by atoms with Gasteiger partial charge in [0, 0.05) is 6.04 Å². The molecule has 0 spiro atoms. The Kier molecular flexibility index (Phi) is 5.79. The minimum Gasteiger partial charge on any atom is -0.496 e. The predicted octanol–water partition coefficient (Wildman–Crippen LogP) is 2.19. The molecule has 1 aromatic rings. The van der Waals surface area contributed by atoms with E-state index in [1.165, 1.54) is 5.56 Å². The molecule has 19 heavy (non-hydrogen) atoms. The second-order valence-corrected chi connectivity index (χ2v) is 5.81. The molecule has 1 unspecified atom stereocenters. The number of hydrogen-bond donors (Lipinski definition) is 2. The van der Waals surface area contributed by atoms with Gasteiger partial charge in [0.1, 0.15) is 5.75 Å². The predicted molar refractivity (Wildman–Crippen MR) is 78.3 cm³/mol. The maximum atomic E-state index is 5.78. The van der Waals surface area contributed by atoms with Gasteiger partial charge in [-0.3, -0.25) is 11.3 Å². The Bertz CT molecular complexity index is 400. The maximum Gasteiger partial charge on any atom is 0.122 e. The van der Waals surface area contributed by atoms with Gasteiger partial charge in [0.2, 0.25) is 0 Å². The van der Waals surface area contributed by atoms with E-state index in [0.717, 1.165) is 17.7 Å². The van der Waals surface area contributed by atoms with Crippen molar-refractivity contribution in [2.75, 3.05) is 13.7 Å². The molecule has 0 bridgehead atoms. The zero-order valence-electron chi connectivity index (χ0n) is 12.6. The molecule has 3 N–H and O–H groups in total. The summed E-state index contributed by atoms with van der Waals surface area (Å²) in [5, 5.41) is 0. The van der Waals surface area contributed by atoms with E-state index in [9.17, 15) is 0 Å². The molecule has 0 saturated carbocycles. The van der Waals surface area contributed by atoms with Gasteiger partial charge in [0.15, 0.2) is 0 Å². The minimum absolute atomic E-state index is 0.0647. The summed E-state index contributed by atoms with van der Waals surface area (Å²) in [5.74, 6) is 6.50. The lowest BCUT2D eigenvalue weighted by atomic mass is 10.0. The second kappa shape index (κ2) is 6.89. The Labute approximate surface area is 116 Å². The largest absolute Gasteiger partial charge is 0.496 e. The SMILES string of the molecule is COc1ccc(C)cc1CC(COC(C)(C)C)NN. The summed E-state index contributed by atoms with van der Waals surface area (Å²) in [7, 11) is 1.69. The van der Waals surface area contributed by atoms with Crippen LogP contribution in [0.4, 0.5) is 0 Å². The van der Waals surface area contributed by atoms with Gasteiger partial charge in [-0.2, -0.15) is 0 Å². The van der Waals surface area contributed by atoms with Crippen LogP contribution < -0.4 is 16.0 Å². The molecule has 0 fully saturated rings. The first kappa shape index (κ1) is 16.0. The molecule has 4 heteroatoms. The average Bonchev–Trinajstić information content (AvgIpc) is 2.33. The molecule has 0 aliphatic rings. The van der Waals surface area contributed by atoms with Crippen molar-refractivity contribution in [1.82, 2.24) is 5.43 Å². The molecule has 4 nitrogen and oxygen atoms in total. The van der Waals surface area contributed by atoms with Crippen molar-refractivity contribution in [2.24, 2.45) is 5.84 Å². The van der Waals surface area contributed by atoms with Crippen molar-refractivity contribution in [3.8, 4) is 5.75 Å². The van der Waals surface area contributed by atoms with Crippen LogP contribution in [0.3, 0.4) is 0 Å². The number of aryl methyl sites for hydroxylation is 1.